The van der Waals surface area contributed by atoms with Crippen LogP contribution in [0.5, 0.6) is 5.75 Å². The number of nitrogens with zero attached hydrogens (tertiary/aromatic N) is 1. The number of para-hydroxylation sites is 1. The highest BCUT2D eigenvalue weighted by molar-refractivity contribution is 9.12. The van der Waals surface area contributed by atoms with Crippen molar-refractivity contribution in [1.29, 1.82) is 0 Å². The van der Waals surface area contributed by atoms with Gasteiger partial charge in [0.15, 0.2) is 5.56 Å². The first-order chi connectivity index (χ1) is 10.5. The first-order valence-electron chi connectivity index (χ1n) is 6.72. The van der Waals surface area contributed by atoms with Crippen LogP contribution in [0.4, 0.5) is 0 Å². The minimum atomic E-state index is -0.811. The zero-order chi connectivity index (χ0) is 16.3. The van der Waals surface area contributed by atoms with E-state index in [0.29, 0.717) is 22.8 Å². The number of hydrogen-bond acceptors (Lipinski definition) is 4. The predicted octanol–water partition coefficient (Wildman–Crippen LogP) is 3.04. The van der Waals surface area contributed by atoms with Crippen molar-refractivity contribution >= 4 is 48.7 Å². The van der Waals surface area contributed by atoms with E-state index < -0.39 is 11.5 Å². The summed E-state index contributed by atoms with van der Waals surface area (Å²) in [5.41, 5.74) is -0.307. The number of benzene rings is 1. The summed E-state index contributed by atoms with van der Waals surface area (Å²) in [6.07, 6.45) is 0. The van der Waals surface area contributed by atoms with Gasteiger partial charge in [-0.15, -0.1) is 0 Å². The Hall–Kier alpha value is -1.34. The smallest absolute Gasteiger partial charge is 0.347 e. The molecule has 118 valence electrons. The maximum atomic E-state index is 12.6. The molecule has 0 saturated heterocycles. The third-order valence-corrected chi connectivity index (χ3v) is 5.44. The van der Waals surface area contributed by atoms with Crippen LogP contribution in [0.15, 0.2) is 29.1 Å². The SMILES string of the molecule is CCOC(=O)c1c(O)c2ccccc2n(CC(Br)CBr)c1=O. The Kier molecular flexibility index (Phi) is 5.63. The van der Waals surface area contributed by atoms with E-state index in [0.717, 1.165) is 0 Å². The first-order valence-corrected chi connectivity index (χ1v) is 8.76. The summed E-state index contributed by atoms with van der Waals surface area (Å²) in [7, 11) is 0. The van der Waals surface area contributed by atoms with Gasteiger partial charge in [0, 0.05) is 22.1 Å². The number of pyridine rings is 1. The summed E-state index contributed by atoms with van der Waals surface area (Å²) in [5.74, 6) is -1.14. The molecule has 0 spiro atoms. The van der Waals surface area contributed by atoms with Gasteiger partial charge in [0.25, 0.3) is 5.56 Å². The lowest BCUT2D eigenvalue weighted by Gasteiger charge is -2.16. The lowest BCUT2D eigenvalue weighted by atomic mass is 10.1. The van der Waals surface area contributed by atoms with Crippen LogP contribution in [0.2, 0.25) is 0 Å². The first kappa shape index (κ1) is 17.0. The number of esters is 1. The van der Waals surface area contributed by atoms with Crippen molar-refractivity contribution in [1.82, 2.24) is 4.57 Å². The van der Waals surface area contributed by atoms with Crippen LogP contribution in [-0.4, -0.2) is 32.4 Å². The summed E-state index contributed by atoms with van der Waals surface area (Å²) in [4.78, 5) is 24.7. The molecular formula is C15H15Br2NO4. The van der Waals surface area contributed by atoms with Gasteiger partial charge in [-0.3, -0.25) is 4.79 Å². The van der Waals surface area contributed by atoms with Crippen molar-refractivity contribution in [2.75, 3.05) is 11.9 Å². The van der Waals surface area contributed by atoms with Crippen molar-refractivity contribution < 1.29 is 14.6 Å². The molecule has 1 aromatic carbocycles. The molecule has 0 radical (unpaired) electrons. The van der Waals surface area contributed by atoms with E-state index in [4.69, 9.17) is 4.74 Å². The molecule has 2 rings (SSSR count). The second-order valence-corrected chi connectivity index (χ2v) is 6.57. The van der Waals surface area contributed by atoms with E-state index in [-0.39, 0.29) is 22.7 Å². The molecule has 1 unspecified atom stereocenters. The zero-order valence-corrected chi connectivity index (χ0v) is 15.1. The number of carbonyl (C=O) groups is 1. The van der Waals surface area contributed by atoms with E-state index in [1.165, 1.54) is 4.57 Å². The van der Waals surface area contributed by atoms with Crippen LogP contribution in [0.25, 0.3) is 10.9 Å². The Balaban J connectivity index is 2.76. The van der Waals surface area contributed by atoms with Crippen molar-refractivity contribution in [3.8, 4) is 5.75 Å². The number of halogens is 2. The summed E-state index contributed by atoms with van der Waals surface area (Å²) in [5, 5.41) is 11.4. The third-order valence-electron chi connectivity index (χ3n) is 3.17. The topological polar surface area (TPSA) is 68.5 Å². The van der Waals surface area contributed by atoms with Crippen LogP contribution < -0.4 is 5.56 Å². The summed E-state index contributed by atoms with van der Waals surface area (Å²) in [6, 6.07) is 6.92. The minimum absolute atomic E-state index is 0.00759. The predicted molar refractivity (Wildman–Crippen MR) is 92.3 cm³/mol. The molecule has 0 fully saturated rings. The van der Waals surface area contributed by atoms with Gasteiger partial charge >= 0.3 is 5.97 Å². The summed E-state index contributed by atoms with van der Waals surface area (Å²) < 4.78 is 6.37. The highest BCUT2D eigenvalue weighted by Crippen LogP contribution is 2.27. The maximum Gasteiger partial charge on any atom is 0.347 e. The lowest BCUT2D eigenvalue weighted by molar-refractivity contribution is 0.0520. The fraction of sp³-hybridized carbons (Fsp3) is 0.333. The van der Waals surface area contributed by atoms with Crippen molar-refractivity contribution in [3.05, 3.63) is 40.2 Å². The van der Waals surface area contributed by atoms with Crippen molar-refractivity contribution in [2.24, 2.45) is 0 Å². The fourth-order valence-corrected chi connectivity index (χ4v) is 2.70. The second kappa shape index (κ2) is 7.28. The number of hydrogen-bond donors (Lipinski definition) is 1. The second-order valence-electron chi connectivity index (χ2n) is 4.63. The molecule has 22 heavy (non-hydrogen) atoms. The molecule has 0 aliphatic rings. The molecule has 7 heteroatoms. The summed E-state index contributed by atoms with van der Waals surface area (Å²) >= 11 is 6.80. The van der Waals surface area contributed by atoms with Gasteiger partial charge in [0.05, 0.1) is 12.1 Å². The Morgan fingerprint density at radius 2 is 2.09 bits per heavy atom. The van der Waals surface area contributed by atoms with Crippen molar-refractivity contribution in [2.45, 2.75) is 18.3 Å². The number of aromatic nitrogens is 1. The Bertz CT molecular complexity index is 757. The zero-order valence-electron chi connectivity index (χ0n) is 11.9. The van der Waals surface area contributed by atoms with Gasteiger partial charge < -0.3 is 14.4 Å². The highest BCUT2D eigenvalue weighted by atomic mass is 79.9. The number of rotatable bonds is 5. The molecule has 1 aromatic heterocycles. The van der Waals surface area contributed by atoms with E-state index in [1.54, 1.807) is 31.2 Å². The standard InChI is InChI=1S/C15H15Br2NO4/c1-2-22-15(21)12-13(19)10-5-3-4-6-11(10)18(14(12)20)8-9(17)7-16/h3-6,9,19H,2,7-8H2,1H3. The van der Waals surface area contributed by atoms with Crippen LogP contribution in [0.1, 0.15) is 17.3 Å². The third kappa shape index (κ3) is 3.20. The number of ether oxygens (including phenoxy) is 1. The van der Waals surface area contributed by atoms with Gasteiger partial charge in [0.2, 0.25) is 0 Å². The number of carbonyl (C=O) groups excluding carboxylic acids is 1. The monoisotopic (exact) mass is 431 g/mol. The van der Waals surface area contributed by atoms with Gasteiger partial charge in [-0.2, -0.15) is 0 Å². The molecule has 2 aromatic rings. The van der Waals surface area contributed by atoms with Gasteiger partial charge in [-0.1, -0.05) is 44.0 Å². The van der Waals surface area contributed by atoms with E-state index in [2.05, 4.69) is 31.9 Å². The molecular weight excluding hydrogens is 418 g/mol. The van der Waals surface area contributed by atoms with Gasteiger partial charge in [-0.05, 0) is 19.1 Å². The molecule has 1 atom stereocenters. The number of alkyl halides is 2. The Labute approximate surface area is 144 Å². The van der Waals surface area contributed by atoms with Crippen LogP contribution in [0.3, 0.4) is 0 Å². The molecule has 0 saturated carbocycles. The molecule has 0 aliphatic carbocycles. The highest BCUT2D eigenvalue weighted by Gasteiger charge is 2.23. The molecule has 1 N–H and O–H groups in total. The quantitative estimate of drug-likeness (QED) is 0.582. The van der Waals surface area contributed by atoms with E-state index >= 15 is 0 Å². The fourth-order valence-electron chi connectivity index (χ4n) is 2.20. The number of fused-ring (bicyclic) bond motifs is 1. The van der Waals surface area contributed by atoms with E-state index in [1.807, 2.05) is 0 Å². The van der Waals surface area contributed by atoms with Crippen LogP contribution in [0, 0.1) is 0 Å². The lowest BCUT2D eigenvalue weighted by Crippen LogP contribution is -2.30. The molecule has 0 aliphatic heterocycles. The Morgan fingerprint density at radius 1 is 1.41 bits per heavy atom. The molecule has 0 amide bonds. The van der Waals surface area contributed by atoms with Crippen molar-refractivity contribution in [3.63, 3.8) is 0 Å². The molecule has 0 bridgehead atoms. The van der Waals surface area contributed by atoms with E-state index in [9.17, 15) is 14.7 Å². The van der Waals surface area contributed by atoms with Gasteiger partial charge in [0.1, 0.15) is 5.75 Å². The average Bonchev–Trinajstić information content (AvgIpc) is 2.51. The van der Waals surface area contributed by atoms with Gasteiger partial charge in [-0.25, -0.2) is 4.79 Å². The number of aromatic hydroxyl groups is 1. The molecule has 5 nitrogen and oxygen atoms in total. The largest absolute Gasteiger partial charge is 0.506 e. The minimum Gasteiger partial charge on any atom is -0.506 e. The maximum absolute atomic E-state index is 12.6. The average molecular weight is 433 g/mol. The normalized spacial score (nSPS) is 12.3. The molecule has 1 heterocycles. The van der Waals surface area contributed by atoms with Crippen LogP contribution >= 0.6 is 31.9 Å². The van der Waals surface area contributed by atoms with Crippen LogP contribution in [-0.2, 0) is 11.3 Å². The summed E-state index contributed by atoms with van der Waals surface area (Å²) in [6.45, 7) is 2.14. The Morgan fingerprint density at radius 3 is 2.73 bits per heavy atom.